The van der Waals surface area contributed by atoms with Gasteiger partial charge in [-0.15, -0.1) is 0 Å². The zero-order valence-electron chi connectivity index (χ0n) is 13.8. The normalized spacial score (nSPS) is 24.4. The Hall–Kier alpha value is -1.18. The van der Waals surface area contributed by atoms with Crippen molar-refractivity contribution in [3.05, 3.63) is 10.6 Å². The van der Waals surface area contributed by atoms with E-state index in [4.69, 9.17) is 9.47 Å². The third kappa shape index (κ3) is 2.98. The van der Waals surface area contributed by atoms with Gasteiger partial charge in [0.05, 0.1) is 25.0 Å². The fourth-order valence-electron chi connectivity index (χ4n) is 2.84. The molecule has 2 heterocycles. The van der Waals surface area contributed by atoms with Gasteiger partial charge in [0.15, 0.2) is 0 Å². The van der Waals surface area contributed by atoms with Crippen LogP contribution in [0.5, 0.6) is 5.19 Å². The van der Waals surface area contributed by atoms with Gasteiger partial charge in [0.25, 0.3) is 11.1 Å². The zero-order valence-corrected chi connectivity index (χ0v) is 14.6. The number of likely N-dealkylation sites (tertiary alicyclic amines) is 1. The Labute approximate surface area is 135 Å². The Morgan fingerprint density at radius 1 is 1.45 bits per heavy atom. The van der Waals surface area contributed by atoms with Gasteiger partial charge in [-0.05, 0) is 13.3 Å². The van der Waals surface area contributed by atoms with E-state index in [1.807, 2.05) is 20.8 Å². The summed E-state index contributed by atoms with van der Waals surface area (Å²) in [5.41, 5.74) is -0.680. The predicted molar refractivity (Wildman–Crippen MR) is 84.5 cm³/mol. The van der Waals surface area contributed by atoms with Crippen LogP contribution in [0, 0.1) is 12.3 Å². The smallest absolute Gasteiger partial charge is 0.273 e. The van der Waals surface area contributed by atoms with Gasteiger partial charge in [-0.2, -0.15) is 0 Å². The Kier molecular flexibility index (Phi) is 4.79. The van der Waals surface area contributed by atoms with Gasteiger partial charge < -0.3 is 19.5 Å². The fourth-order valence-corrected chi connectivity index (χ4v) is 3.69. The molecule has 1 aromatic rings. The maximum absolute atomic E-state index is 12.7. The molecule has 1 amide bonds. The quantitative estimate of drug-likeness (QED) is 0.911. The second-order valence-electron chi connectivity index (χ2n) is 6.42. The van der Waals surface area contributed by atoms with Crippen LogP contribution in [0.4, 0.5) is 0 Å². The molecule has 0 bridgehead atoms. The number of methoxy groups -OCH3 is 2. The number of aliphatic hydroxyl groups is 1. The number of aryl methyl sites for hydroxylation is 1. The minimum absolute atomic E-state index is 0.0501. The van der Waals surface area contributed by atoms with Crippen LogP contribution in [0.25, 0.3) is 0 Å². The van der Waals surface area contributed by atoms with E-state index in [1.165, 1.54) is 11.3 Å². The summed E-state index contributed by atoms with van der Waals surface area (Å²) in [5, 5.41) is 11.3. The number of piperidine rings is 1. The summed E-state index contributed by atoms with van der Waals surface area (Å²) < 4.78 is 10.3. The van der Waals surface area contributed by atoms with Crippen molar-refractivity contribution in [3.8, 4) is 5.19 Å². The molecule has 1 aliphatic heterocycles. The summed E-state index contributed by atoms with van der Waals surface area (Å²) >= 11 is 1.26. The molecule has 1 atom stereocenters. The third-order valence-corrected chi connectivity index (χ3v) is 5.56. The van der Waals surface area contributed by atoms with Crippen LogP contribution < -0.4 is 4.74 Å². The molecular formula is C15H24N2O4S. The first-order valence-electron chi connectivity index (χ1n) is 7.26. The third-order valence-electron chi connectivity index (χ3n) is 4.46. The fraction of sp³-hybridized carbons (Fsp3) is 0.733. The molecule has 1 saturated heterocycles. The molecule has 0 radical (unpaired) electrons. The van der Waals surface area contributed by atoms with Crippen molar-refractivity contribution in [3.63, 3.8) is 0 Å². The number of aromatic nitrogens is 1. The Morgan fingerprint density at radius 3 is 2.64 bits per heavy atom. The maximum atomic E-state index is 12.7. The van der Waals surface area contributed by atoms with E-state index in [2.05, 4.69) is 4.98 Å². The molecule has 22 heavy (non-hydrogen) atoms. The van der Waals surface area contributed by atoms with E-state index in [-0.39, 0.29) is 12.5 Å². The largest absolute Gasteiger partial charge is 0.473 e. The Balaban J connectivity index is 2.18. The van der Waals surface area contributed by atoms with Crippen molar-refractivity contribution in [2.75, 3.05) is 33.9 Å². The van der Waals surface area contributed by atoms with Crippen LogP contribution in [-0.2, 0) is 4.74 Å². The number of carbonyl (C=O) groups excluding carboxylic acids is 1. The summed E-state index contributed by atoms with van der Waals surface area (Å²) in [6.07, 6.45) is 0.495. The molecule has 1 fully saturated rings. The van der Waals surface area contributed by atoms with E-state index in [1.54, 1.807) is 19.1 Å². The van der Waals surface area contributed by atoms with Crippen molar-refractivity contribution < 1.29 is 19.4 Å². The van der Waals surface area contributed by atoms with Crippen LogP contribution in [-0.4, -0.2) is 60.4 Å². The topological polar surface area (TPSA) is 71.9 Å². The Bertz CT molecular complexity index is 558. The summed E-state index contributed by atoms with van der Waals surface area (Å²) in [5.74, 6) is -0.0501. The van der Waals surface area contributed by atoms with Crippen molar-refractivity contribution in [1.29, 1.82) is 0 Å². The molecule has 0 spiro atoms. The molecule has 1 aromatic heterocycles. The summed E-state index contributed by atoms with van der Waals surface area (Å²) in [7, 11) is 3.12. The molecule has 6 nitrogen and oxygen atoms in total. The lowest BCUT2D eigenvalue weighted by Crippen LogP contribution is -2.60. The first kappa shape index (κ1) is 17.2. The van der Waals surface area contributed by atoms with Crippen LogP contribution in [0.2, 0.25) is 0 Å². The molecule has 1 aliphatic rings. The number of ether oxygens (including phenoxy) is 2. The van der Waals surface area contributed by atoms with E-state index in [0.29, 0.717) is 35.3 Å². The van der Waals surface area contributed by atoms with Crippen molar-refractivity contribution in [1.82, 2.24) is 9.88 Å². The van der Waals surface area contributed by atoms with Gasteiger partial charge in [-0.3, -0.25) is 4.79 Å². The monoisotopic (exact) mass is 328 g/mol. The van der Waals surface area contributed by atoms with Gasteiger partial charge in [0.2, 0.25) is 0 Å². The molecule has 2 rings (SSSR count). The first-order chi connectivity index (χ1) is 10.2. The lowest BCUT2D eigenvalue weighted by Gasteiger charge is -2.49. The number of carbonyl (C=O) groups is 1. The highest BCUT2D eigenvalue weighted by Crippen LogP contribution is 2.39. The van der Waals surface area contributed by atoms with E-state index in [9.17, 15) is 9.90 Å². The van der Waals surface area contributed by atoms with Crippen LogP contribution in [0.3, 0.4) is 0 Å². The zero-order chi connectivity index (χ0) is 16.5. The summed E-state index contributed by atoms with van der Waals surface area (Å²) in [6, 6.07) is 0. The molecule has 1 N–H and O–H groups in total. The minimum Gasteiger partial charge on any atom is -0.473 e. The highest BCUT2D eigenvalue weighted by molar-refractivity contribution is 7.15. The maximum Gasteiger partial charge on any atom is 0.273 e. The molecule has 0 aromatic carbocycles. The van der Waals surface area contributed by atoms with Gasteiger partial charge in [-0.25, -0.2) is 4.98 Å². The number of hydrogen-bond donors (Lipinski definition) is 1. The molecule has 0 unspecified atom stereocenters. The van der Waals surface area contributed by atoms with Crippen molar-refractivity contribution in [2.24, 2.45) is 5.41 Å². The van der Waals surface area contributed by atoms with Gasteiger partial charge in [0.1, 0.15) is 4.88 Å². The average Bonchev–Trinajstić information content (AvgIpc) is 2.83. The van der Waals surface area contributed by atoms with Gasteiger partial charge in [0, 0.05) is 25.6 Å². The molecular weight excluding hydrogens is 304 g/mol. The predicted octanol–water partition coefficient (Wildman–Crippen LogP) is 1.71. The Morgan fingerprint density at radius 2 is 2.14 bits per heavy atom. The number of rotatable bonds is 4. The molecule has 0 aliphatic carbocycles. The first-order valence-corrected chi connectivity index (χ1v) is 8.08. The summed E-state index contributed by atoms with van der Waals surface area (Å²) in [6.45, 7) is 6.99. The highest BCUT2D eigenvalue weighted by atomic mass is 32.1. The lowest BCUT2D eigenvalue weighted by atomic mass is 9.70. The van der Waals surface area contributed by atoms with Gasteiger partial charge >= 0.3 is 0 Å². The second kappa shape index (κ2) is 6.14. The summed E-state index contributed by atoms with van der Waals surface area (Å²) in [4.78, 5) is 19.3. The lowest BCUT2D eigenvalue weighted by molar-refractivity contribution is -0.144. The average molecular weight is 328 g/mol. The van der Waals surface area contributed by atoms with Crippen LogP contribution in [0.1, 0.15) is 35.6 Å². The van der Waals surface area contributed by atoms with Crippen molar-refractivity contribution >= 4 is 17.2 Å². The number of amides is 1. The number of hydrogen-bond acceptors (Lipinski definition) is 6. The van der Waals surface area contributed by atoms with Crippen LogP contribution in [0.15, 0.2) is 0 Å². The van der Waals surface area contributed by atoms with Crippen molar-refractivity contribution in [2.45, 2.75) is 32.8 Å². The second-order valence-corrected chi connectivity index (χ2v) is 7.39. The van der Waals surface area contributed by atoms with Crippen LogP contribution >= 0.6 is 11.3 Å². The van der Waals surface area contributed by atoms with Gasteiger partial charge in [-0.1, -0.05) is 25.2 Å². The highest BCUT2D eigenvalue weighted by Gasteiger charge is 2.48. The molecule has 7 heteroatoms. The number of thiazole rings is 1. The number of nitrogens with zero attached hydrogens (tertiary/aromatic N) is 2. The standard InChI is InChI=1S/C15H24N2O4S/c1-10-11(22-13(16-10)21-5)12(18)17-7-6-15(19,9-20-4)14(2,3)8-17/h19H,6-9H2,1-5H3/t15-/m1/s1. The molecule has 124 valence electrons. The van der Waals surface area contributed by atoms with E-state index < -0.39 is 11.0 Å². The SMILES string of the molecule is COC[C@]1(O)CCN(C(=O)c2sc(OC)nc2C)CC1(C)C. The molecule has 0 saturated carbocycles. The van der Waals surface area contributed by atoms with E-state index >= 15 is 0 Å². The van der Waals surface area contributed by atoms with E-state index in [0.717, 1.165) is 0 Å². The minimum atomic E-state index is -0.918.